The van der Waals surface area contributed by atoms with Gasteiger partial charge in [0.25, 0.3) is 0 Å². The second kappa shape index (κ2) is 10.4. The zero-order valence-corrected chi connectivity index (χ0v) is 21.4. The Kier molecular flexibility index (Phi) is 7.24. The molecule has 192 valence electrons. The van der Waals surface area contributed by atoms with Crippen LogP contribution in [0.3, 0.4) is 0 Å². The highest BCUT2D eigenvalue weighted by Crippen LogP contribution is 2.44. The van der Waals surface area contributed by atoms with Crippen molar-refractivity contribution in [2.45, 2.75) is 95.3 Å². The lowest BCUT2D eigenvalue weighted by Gasteiger charge is -2.51. The number of carbonyl (C=O) groups excluding carboxylic acids is 2. The van der Waals surface area contributed by atoms with Gasteiger partial charge in [-0.1, -0.05) is 37.6 Å². The van der Waals surface area contributed by atoms with Crippen LogP contribution in [-0.2, 0) is 21.4 Å². The molecule has 4 heterocycles. The van der Waals surface area contributed by atoms with Gasteiger partial charge in [0.1, 0.15) is 0 Å². The summed E-state index contributed by atoms with van der Waals surface area (Å²) in [4.78, 5) is 32.0. The molecule has 2 unspecified atom stereocenters. The molecule has 3 fully saturated rings. The van der Waals surface area contributed by atoms with E-state index in [0.717, 1.165) is 71.0 Å². The van der Waals surface area contributed by atoms with Crippen molar-refractivity contribution in [1.29, 1.82) is 0 Å². The number of fused-ring (bicyclic) bond motifs is 4. The monoisotopic (exact) mass is 483 g/mol. The first-order valence-corrected chi connectivity index (χ1v) is 13.7. The number of hydrogen-bond acceptors (Lipinski definition) is 5. The maximum Gasteiger partial charge on any atom is 0.410 e. The van der Waals surface area contributed by atoms with Crippen molar-refractivity contribution < 1.29 is 19.1 Å². The Morgan fingerprint density at radius 1 is 0.971 bits per heavy atom. The number of unbranched alkanes of at least 4 members (excludes halogenated alkanes) is 1. The summed E-state index contributed by atoms with van der Waals surface area (Å²) in [5.41, 5.74) is 2.69. The predicted molar refractivity (Wildman–Crippen MR) is 134 cm³/mol. The molecule has 4 aliphatic heterocycles. The summed E-state index contributed by atoms with van der Waals surface area (Å²) >= 11 is 0. The molecule has 5 rings (SSSR count). The van der Waals surface area contributed by atoms with E-state index in [0.29, 0.717) is 37.9 Å². The predicted octanol–water partition coefficient (Wildman–Crippen LogP) is 4.92. The highest BCUT2D eigenvalue weighted by Gasteiger charge is 2.48. The summed E-state index contributed by atoms with van der Waals surface area (Å²) in [6, 6.07) is 9.85. The van der Waals surface area contributed by atoms with E-state index in [9.17, 15) is 9.59 Å². The molecule has 1 aromatic carbocycles. The van der Waals surface area contributed by atoms with Crippen LogP contribution in [-0.4, -0.2) is 77.9 Å². The molecule has 0 saturated carbocycles. The zero-order chi connectivity index (χ0) is 24.4. The van der Waals surface area contributed by atoms with Crippen molar-refractivity contribution in [2.24, 2.45) is 0 Å². The minimum atomic E-state index is -0.169. The topological polar surface area (TPSA) is 62.3 Å². The van der Waals surface area contributed by atoms with Gasteiger partial charge < -0.3 is 24.2 Å². The van der Waals surface area contributed by atoms with E-state index in [1.165, 1.54) is 11.1 Å². The molecule has 2 amide bonds. The van der Waals surface area contributed by atoms with E-state index >= 15 is 0 Å². The van der Waals surface area contributed by atoms with E-state index in [-0.39, 0.29) is 17.6 Å². The Hall–Kier alpha value is -2.28. The lowest BCUT2D eigenvalue weighted by Crippen LogP contribution is -2.57. The molecule has 0 aromatic heterocycles. The summed E-state index contributed by atoms with van der Waals surface area (Å²) in [6.07, 6.45) is 8.04. The summed E-state index contributed by atoms with van der Waals surface area (Å²) in [7, 11) is 0. The van der Waals surface area contributed by atoms with E-state index in [2.05, 4.69) is 36.1 Å². The molecule has 0 aliphatic carbocycles. The summed E-state index contributed by atoms with van der Waals surface area (Å²) in [5, 5.41) is 0. The molecular weight excluding hydrogens is 442 g/mol. The molecule has 7 nitrogen and oxygen atoms in total. The van der Waals surface area contributed by atoms with Crippen LogP contribution in [0.1, 0.15) is 76.3 Å². The second-order valence-corrected chi connectivity index (χ2v) is 10.9. The standard InChI is InChI=1S/C28H41N3O4/c1-3-5-16-35-26(32)30-19-21-8-6-7-9-25(21)28(20-30)12-14-29(15-13-28)24-17-22-10-11-23(18-24)31(22)27(33)34-4-2/h6-9,22-24H,3-5,10-20H2,1-2H3. The molecule has 4 aliphatic rings. The van der Waals surface area contributed by atoms with E-state index in [1.54, 1.807) is 0 Å². The Morgan fingerprint density at radius 2 is 1.69 bits per heavy atom. The van der Waals surface area contributed by atoms with Crippen molar-refractivity contribution in [2.75, 3.05) is 32.8 Å². The third kappa shape index (κ3) is 4.76. The molecule has 1 aromatic rings. The van der Waals surface area contributed by atoms with Gasteiger partial charge >= 0.3 is 12.2 Å². The summed E-state index contributed by atoms with van der Waals surface area (Å²) in [6.45, 7) is 8.40. The molecule has 1 spiro atoms. The number of ether oxygens (including phenoxy) is 2. The van der Waals surface area contributed by atoms with Gasteiger partial charge in [0, 0.05) is 36.6 Å². The van der Waals surface area contributed by atoms with Gasteiger partial charge in [-0.05, 0) is 76.1 Å². The number of carbonyl (C=O) groups is 2. The third-order valence-electron chi connectivity index (χ3n) is 8.88. The van der Waals surface area contributed by atoms with Crippen LogP contribution in [0.25, 0.3) is 0 Å². The highest BCUT2D eigenvalue weighted by molar-refractivity contribution is 5.69. The van der Waals surface area contributed by atoms with Gasteiger partial charge in [-0.3, -0.25) is 0 Å². The Morgan fingerprint density at radius 3 is 2.37 bits per heavy atom. The van der Waals surface area contributed by atoms with Crippen LogP contribution in [0.4, 0.5) is 9.59 Å². The SMILES string of the molecule is CCCCOC(=O)N1Cc2ccccc2C2(CCN(C3CC4CCC(C3)N4C(=O)OCC)CC2)C1. The minimum Gasteiger partial charge on any atom is -0.450 e. The fourth-order valence-electron chi connectivity index (χ4n) is 7.10. The normalized spacial score (nSPS) is 27.5. The van der Waals surface area contributed by atoms with Crippen molar-refractivity contribution in [3.8, 4) is 0 Å². The Balaban J connectivity index is 1.25. The first-order chi connectivity index (χ1) is 17.0. The van der Waals surface area contributed by atoms with E-state index in [1.807, 2.05) is 16.7 Å². The maximum atomic E-state index is 12.9. The number of hydrogen-bond donors (Lipinski definition) is 0. The van der Waals surface area contributed by atoms with Gasteiger partial charge in [0.15, 0.2) is 0 Å². The van der Waals surface area contributed by atoms with Gasteiger partial charge in [-0.2, -0.15) is 0 Å². The molecule has 7 heteroatoms. The van der Waals surface area contributed by atoms with Crippen LogP contribution in [0.15, 0.2) is 24.3 Å². The number of amides is 2. The second-order valence-electron chi connectivity index (χ2n) is 10.9. The fraction of sp³-hybridized carbons (Fsp3) is 0.714. The number of rotatable bonds is 5. The van der Waals surface area contributed by atoms with Crippen molar-refractivity contribution in [1.82, 2.24) is 14.7 Å². The smallest absolute Gasteiger partial charge is 0.410 e. The average molecular weight is 484 g/mol. The quantitative estimate of drug-likeness (QED) is 0.556. The number of piperidine rings is 2. The minimum absolute atomic E-state index is 0.000262. The third-order valence-corrected chi connectivity index (χ3v) is 8.88. The highest BCUT2D eigenvalue weighted by atomic mass is 16.6. The van der Waals surface area contributed by atoms with E-state index in [4.69, 9.17) is 9.47 Å². The van der Waals surface area contributed by atoms with E-state index < -0.39 is 0 Å². The summed E-state index contributed by atoms with van der Waals surface area (Å²) in [5.74, 6) is 0. The molecule has 0 N–H and O–H groups in total. The average Bonchev–Trinajstić information content (AvgIpc) is 3.14. The van der Waals surface area contributed by atoms with Crippen molar-refractivity contribution >= 4 is 12.2 Å². The van der Waals surface area contributed by atoms with Crippen LogP contribution >= 0.6 is 0 Å². The number of benzene rings is 1. The summed E-state index contributed by atoms with van der Waals surface area (Å²) < 4.78 is 10.9. The molecule has 2 bridgehead atoms. The number of likely N-dealkylation sites (tertiary alicyclic amines) is 1. The van der Waals surface area contributed by atoms with Gasteiger partial charge in [0.05, 0.1) is 13.2 Å². The largest absolute Gasteiger partial charge is 0.450 e. The number of nitrogens with zero attached hydrogens (tertiary/aromatic N) is 3. The first-order valence-electron chi connectivity index (χ1n) is 13.7. The van der Waals surface area contributed by atoms with Crippen LogP contribution in [0.2, 0.25) is 0 Å². The van der Waals surface area contributed by atoms with Crippen molar-refractivity contribution in [3.63, 3.8) is 0 Å². The molecular formula is C28H41N3O4. The van der Waals surface area contributed by atoms with Gasteiger partial charge in [-0.25, -0.2) is 9.59 Å². The zero-order valence-electron chi connectivity index (χ0n) is 21.4. The molecule has 35 heavy (non-hydrogen) atoms. The van der Waals surface area contributed by atoms with Gasteiger partial charge in [0.2, 0.25) is 0 Å². The fourth-order valence-corrected chi connectivity index (χ4v) is 7.10. The maximum absolute atomic E-state index is 12.9. The van der Waals surface area contributed by atoms with Crippen LogP contribution in [0, 0.1) is 0 Å². The molecule has 2 atom stereocenters. The Bertz CT molecular complexity index is 899. The van der Waals surface area contributed by atoms with Crippen LogP contribution in [0.5, 0.6) is 0 Å². The molecule has 3 saturated heterocycles. The molecule has 0 radical (unpaired) electrons. The van der Waals surface area contributed by atoms with Gasteiger partial charge in [-0.15, -0.1) is 0 Å². The lowest BCUT2D eigenvalue weighted by atomic mass is 9.68. The Labute approximate surface area is 209 Å². The van der Waals surface area contributed by atoms with Crippen molar-refractivity contribution in [3.05, 3.63) is 35.4 Å². The first kappa shape index (κ1) is 24.4. The van der Waals surface area contributed by atoms with Crippen LogP contribution < -0.4 is 0 Å². The lowest BCUT2D eigenvalue weighted by molar-refractivity contribution is 0.0181.